The maximum Gasteiger partial charge on any atom is 0.0709 e. The van der Waals surface area contributed by atoms with E-state index in [-0.39, 0.29) is 5.38 Å². The van der Waals surface area contributed by atoms with E-state index in [1.165, 1.54) is 27.1 Å². The standard InChI is InChI=1S/C11H14BrClS/c1-3-7-4-8(7)11(13)10-5-9(12)6(2)14-10/h5,7-8,11H,3-4H2,1-2H3/t7-,8-,11?/m1/s1. The highest BCUT2D eigenvalue weighted by Gasteiger charge is 2.41. The van der Waals surface area contributed by atoms with Gasteiger partial charge >= 0.3 is 0 Å². The number of thiophene rings is 1. The Balaban J connectivity index is 2.08. The molecule has 0 bridgehead atoms. The predicted molar refractivity (Wildman–Crippen MR) is 67.2 cm³/mol. The molecule has 1 aliphatic carbocycles. The van der Waals surface area contributed by atoms with Crippen molar-refractivity contribution in [2.24, 2.45) is 11.8 Å². The highest BCUT2D eigenvalue weighted by atomic mass is 79.9. The second-order valence-corrected chi connectivity index (χ2v) is 6.63. The number of hydrogen-bond acceptors (Lipinski definition) is 1. The molecule has 78 valence electrons. The lowest BCUT2D eigenvalue weighted by Gasteiger charge is -2.04. The summed E-state index contributed by atoms with van der Waals surface area (Å²) >= 11 is 11.8. The van der Waals surface area contributed by atoms with Crippen LogP contribution in [0.4, 0.5) is 0 Å². The summed E-state index contributed by atoms with van der Waals surface area (Å²) in [5.74, 6) is 1.60. The first-order chi connectivity index (χ1) is 6.63. The molecule has 1 saturated carbocycles. The van der Waals surface area contributed by atoms with Gasteiger partial charge in [0.1, 0.15) is 0 Å². The molecule has 0 saturated heterocycles. The van der Waals surface area contributed by atoms with Crippen LogP contribution in [0, 0.1) is 18.8 Å². The van der Waals surface area contributed by atoms with E-state index in [0.29, 0.717) is 0 Å². The third-order valence-electron chi connectivity index (χ3n) is 3.03. The maximum absolute atomic E-state index is 6.45. The number of alkyl halides is 1. The first-order valence-corrected chi connectivity index (χ1v) is 7.08. The summed E-state index contributed by atoms with van der Waals surface area (Å²) in [6.07, 6.45) is 2.60. The minimum Gasteiger partial charge on any atom is -0.143 e. The Bertz CT molecular complexity index is 315. The predicted octanol–water partition coefficient (Wildman–Crippen LogP) is 5.15. The molecule has 0 amide bonds. The topological polar surface area (TPSA) is 0 Å². The summed E-state index contributed by atoms with van der Waals surface area (Å²) in [7, 11) is 0. The van der Waals surface area contributed by atoms with Crippen LogP contribution in [0.3, 0.4) is 0 Å². The Morgan fingerprint density at radius 1 is 1.71 bits per heavy atom. The average molecular weight is 294 g/mol. The summed E-state index contributed by atoms with van der Waals surface area (Å²) in [6.45, 7) is 4.38. The fourth-order valence-corrected chi connectivity index (χ4v) is 4.05. The zero-order valence-corrected chi connectivity index (χ0v) is 11.5. The van der Waals surface area contributed by atoms with Gasteiger partial charge in [-0.1, -0.05) is 13.3 Å². The molecule has 1 aromatic heterocycles. The van der Waals surface area contributed by atoms with Gasteiger partial charge in [0.05, 0.1) is 5.38 Å². The smallest absolute Gasteiger partial charge is 0.0709 e. The van der Waals surface area contributed by atoms with E-state index in [2.05, 4.69) is 35.8 Å². The van der Waals surface area contributed by atoms with Gasteiger partial charge in [0, 0.05) is 14.2 Å². The maximum atomic E-state index is 6.45. The molecular weight excluding hydrogens is 280 g/mol. The van der Waals surface area contributed by atoms with E-state index in [1.54, 1.807) is 0 Å². The zero-order valence-electron chi connectivity index (χ0n) is 8.39. The van der Waals surface area contributed by atoms with Crippen molar-refractivity contribution in [3.63, 3.8) is 0 Å². The lowest BCUT2D eigenvalue weighted by molar-refractivity contribution is 0.667. The van der Waals surface area contributed by atoms with E-state index in [1.807, 2.05) is 11.3 Å². The van der Waals surface area contributed by atoms with E-state index < -0.39 is 0 Å². The summed E-state index contributed by atoms with van der Waals surface area (Å²) in [4.78, 5) is 2.66. The Morgan fingerprint density at radius 3 is 2.86 bits per heavy atom. The van der Waals surface area contributed by atoms with Crippen molar-refractivity contribution < 1.29 is 0 Å². The molecule has 0 spiro atoms. The Kier molecular flexibility index (Phi) is 3.25. The first kappa shape index (κ1) is 11.0. The van der Waals surface area contributed by atoms with Crippen LogP contribution in [0.5, 0.6) is 0 Å². The molecule has 0 N–H and O–H groups in total. The number of aryl methyl sites for hydroxylation is 1. The molecule has 0 radical (unpaired) electrons. The van der Waals surface area contributed by atoms with Gasteiger partial charge in [0.25, 0.3) is 0 Å². The van der Waals surface area contributed by atoms with Crippen LogP contribution >= 0.6 is 38.9 Å². The van der Waals surface area contributed by atoms with Gasteiger partial charge in [-0.3, -0.25) is 0 Å². The molecule has 1 fully saturated rings. The van der Waals surface area contributed by atoms with Crippen molar-refractivity contribution in [1.29, 1.82) is 0 Å². The SMILES string of the molecule is CC[C@@H]1C[C@H]1C(Cl)c1cc(Br)c(C)s1. The van der Waals surface area contributed by atoms with Gasteiger partial charge in [0.15, 0.2) is 0 Å². The molecule has 0 aromatic carbocycles. The van der Waals surface area contributed by atoms with Crippen LogP contribution in [0.15, 0.2) is 10.5 Å². The van der Waals surface area contributed by atoms with Crippen molar-refractivity contribution in [1.82, 2.24) is 0 Å². The second-order valence-electron chi connectivity index (χ2n) is 4.02. The van der Waals surface area contributed by atoms with Gasteiger partial charge < -0.3 is 0 Å². The third kappa shape index (κ3) is 2.02. The fourth-order valence-electron chi connectivity index (χ4n) is 1.93. The van der Waals surface area contributed by atoms with E-state index in [0.717, 1.165) is 11.8 Å². The molecule has 3 atom stereocenters. The molecule has 0 nitrogen and oxygen atoms in total. The fraction of sp³-hybridized carbons (Fsp3) is 0.636. The molecule has 1 aromatic rings. The minimum absolute atomic E-state index is 0.245. The molecule has 1 unspecified atom stereocenters. The quantitative estimate of drug-likeness (QED) is 0.677. The van der Waals surface area contributed by atoms with Gasteiger partial charge in [-0.25, -0.2) is 0 Å². The van der Waals surface area contributed by atoms with Gasteiger partial charge in [-0.2, -0.15) is 0 Å². The van der Waals surface area contributed by atoms with Crippen LogP contribution in [0.1, 0.15) is 34.9 Å². The van der Waals surface area contributed by atoms with Crippen molar-refractivity contribution in [3.8, 4) is 0 Å². The summed E-state index contributed by atoms with van der Waals surface area (Å²) in [6, 6.07) is 2.18. The molecular formula is C11H14BrClS. The summed E-state index contributed by atoms with van der Waals surface area (Å²) < 4.78 is 1.21. The highest BCUT2D eigenvalue weighted by molar-refractivity contribution is 9.10. The Hall–Kier alpha value is 0.470. The number of rotatable bonds is 3. The molecule has 3 heteroatoms. The summed E-state index contributed by atoms with van der Waals surface area (Å²) in [5.41, 5.74) is 0. The van der Waals surface area contributed by atoms with Crippen molar-refractivity contribution >= 4 is 38.9 Å². The van der Waals surface area contributed by atoms with Crippen molar-refractivity contribution in [2.45, 2.75) is 32.1 Å². The number of hydrogen-bond donors (Lipinski definition) is 0. The largest absolute Gasteiger partial charge is 0.143 e. The Labute approximate surface area is 103 Å². The minimum atomic E-state index is 0.245. The second kappa shape index (κ2) is 4.15. The van der Waals surface area contributed by atoms with E-state index in [9.17, 15) is 0 Å². The van der Waals surface area contributed by atoms with Crippen LogP contribution in [-0.2, 0) is 0 Å². The van der Waals surface area contributed by atoms with Gasteiger partial charge in [-0.15, -0.1) is 22.9 Å². The van der Waals surface area contributed by atoms with E-state index >= 15 is 0 Å². The molecule has 2 rings (SSSR count). The first-order valence-electron chi connectivity index (χ1n) is 5.03. The Morgan fingerprint density at radius 2 is 2.43 bits per heavy atom. The van der Waals surface area contributed by atoms with E-state index in [4.69, 9.17) is 11.6 Å². The number of halogens is 2. The molecule has 1 aliphatic rings. The third-order valence-corrected chi connectivity index (χ3v) is 5.93. The van der Waals surface area contributed by atoms with Crippen molar-refractivity contribution in [3.05, 3.63) is 20.3 Å². The lowest BCUT2D eigenvalue weighted by Crippen LogP contribution is -1.91. The van der Waals surface area contributed by atoms with Gasteiger partial charge in [0.2, 0.25) is 0 Å². The monoisotopic (exact) mass is 292 g/mol. The van der Waals surface area contributed by atoms with Crippen LogP contribution < -0.4 is 0 Å². The van der Waals surface area contributed by atoms with Crippen LogP contribution in [-0.4, -0.2) is 0 Å². The summed E-state index contributed by atoms with van der Waals surface area (Å²) in [5, 5.41) is 0.245. The van der Waals surface area contributed by atoms with Gasteiger partial charge in [-0.05, 0) is 47.2 Å². The molecule has 14 heavy (non-hydrogen) atoms. The zero-order chi connectivity index (χ0) is 10.3. The van der Waals surface area contributed by atoms with Crippen LogP contribution in [0.2, 0.25) is 0 Å². The molecule has 1 heterocycles. The van der Waals surface area contributed by atoms with Crippen molar-refractivity contribution in [2.75, 3.05) is 0 Å². The average Bonchev–Trinajstić information content (AvgIpc) is 2.87. The van der Waals surface area contributed by atoms with Crippen LogP contribution in [0.25, 0.3) is 0 Å². The normalized spacial score (nSPS) is 27.7. The lowest BCUT2D eigenvalue weighted by atomic mass is 10.2. The molecule has 0 aliphatic heterocycles. The highest BCUT2D eigenvalue weighted by Crippen LogP contribution is 2.53.